The highest BCUT2D eigenvalue weighted by molar-refractivity contribution is 5.79. The minimum Gasteiger partial charge on any atom is -0.320 e. The van der Waals surface area contributed by atoms with Crippen molar-refractivity contribution < 1.29 is 9.63 Å². The van der Waals surface area contributed by atoms with Gasteiger partial charge in [0.2, 0.25) is 0 Å². The lowest BCUT2D eigenvalue weighted by Crippen LogP contribution is -2.38. The molecule has 4 heteroatoms. The van der Waals surface area contributed by atoms with Crippen molar-refractivity contribution in [1.29, 1.82) is 0 Å². The summed E-state index contributed by atoms with van der Waals surface area (Å²) in [5, 5.41) is 0. The Morgan fingerprint density at radius 2 is 2.60 bits per heavy atom. The van der Waals surface area contributed by atoms with Gasteiger partial charge in [-0.1, -0.05) is 5.92 Å². The number of hydrogen-bond donors (Lipinski definition) is 2. The Morgan fingerprint density at radius 1 is 2.00 bits per heavy atom. The van der Waals surface area contributed by atoms with E-state index in [2.05, 4.69) is 16.2 Å². The van der Waals surface area contributed by atoms with Crippen molar-refractivity contribution >= 4 is 5.91 Å². The molecular weight excluding hydrogens is 132 g/mol. The molecule has 1 atom stereocenters. The monoisotopic (exact) mass is 142 g/mol. The van der Waals surface area contributed by atoms with Crippen molar-refractivity contribution in [3.63, 3.8) is 0 Å². The summed E-state index contributed by atoms with van der Waals surface area (Å²) >= 11 is 0. The molecule has 0 aliphatic heterocycles. The van der Waals surface area contributed by atoms with Crippen LogP contribution in [0.1, 0.15) is 6.92 Å². The lowest BCUT2D eigenvalue weighted by atomic mass is 10.4. The van der Waals surface area contributed by atoms with Crippen LogP contribution in [-0.2, 0) is 9.63 Å². The Labute approximate surface area is 59.7 Å². The van der Waals surface area contributed by atoms with Crippen LogP contribution in [0.4, 0.5) is 0 Å². The Morgan fingerprint density at radius 3 is 3.00 bits per heavy atom. The average molecular weight is 142 g/mol. The van der Waals surface area contributed by atoms with Gasteiger partial charge in [-0.2, -0.15) is 0 Å². The van der Waals surface area contributed by atoms with E-state index < -0.39 is 6.04 Å². The first-order valence-corrected chi connectivity index (χ1v) is 2.79. The summed E-state index contributed by atoms with van der Waals surface area (Å²) < 4.78 is 0. The second kappa shape index (κ2) is 4.79. The third kappa shape index (κ3) is 3.89. The quantitative estimate of drug-likeness (QED) is 0.302. The summed E-state index contributed by atoms with van der Waals surface area (Å²) in [7, 11) is 0. The van der Waals surface area contributed by atoms with Gasteiger partial charge in [0.15, 0.2) is 0 Å². The SMILES string of the molecule is C#CCONC(=O)C(C)N. The van der Waals surface area contributed by atoms with E-state index in [1.807, 2.05) is 0 Å². The van der Waals surface area contributed by atoms with Crippen LogP contribution >= 0.6 is 0 Å². The molecule has 3 N–H and O–H groups in total. The summed E-state index contributed by atoms with van der Waals surface area (Å²) in [6, 6.07) is -0.572. The molecule has 4 nitrogen and oxygen atoms in total. The molecule has 0 fully saturated rings. The van der Waals surface area contributed by atoms with Crippen LogP contribution in [0.5, 0.6) is 0 Å². The molecule has 1 amide bonds. The van der Waals surface area contributed by atoms with Gasteiger partial charge in [-0.15, -0.1) is 6.42 Å². The molecule has 0 saturated carbocycles. The number of amides is 1. The highest BCUT2D eigenvalue weighted by Gasteiger charge is 2.04. The Bertz CT molecular complexity index is 148. The lowest BCUT2D eigenvalue weighted by molar-refractivity contribution is -0.133. The highest BCUT2D eigenvalue weighted by Crippen LogP contribution is 1.74. The minimum absolute atomic E-state index is 0.0540. The lowest BCUT2D eigenvalue weighted by Gasteiger charge is -2.04. The maximum atomic E-state index is 10.6. The molecule has 0 aromatic carbocycles. The fraction of sp³-hybridized carbons (Fsp3) is 0.500. The topological polar surface area (TPSA) is 64.3 Å². The van der Waals surface area contributed by atoms with Gasteiger partial charge in [-0.3, -0.25) is 9.63 Å². The van der Waals surface area contributed by atoms with Crippen LogP contribution in [0, 0.1) is 12.3 Å². The van der Waals surface area contributed by atoms with Gasteiger partial charge in [0, 0.05) is 0 Å². The first kappa shape index (κ1) is 8.95. The van der Waals surface area contributed by atoms with E-state index in [0.717, 1.165) is 0 Å². The van der Waals surface area contributed by atoms with Crippen LogP contribution in [0.2, 0.25) is 0 Å². The number of nitrogens with one attached hydrogen (secondary N) is 1. The van der Waals surface area contributed by atoms with Gasteiger partial charge in [0.05, 0.1) is 6.04 Å². The van der Waals surface area contributed by atoms with E-state index in [-0.39, 0.29) is 12.5 Å². The van der Waals surface area contributed by atoms with Crippen LogP contribution in [0.3, 0.4) is 0 Å². The molecule has 0 bridgehead atoms. The van der Waals surface area contributed by atoms with Crippen molar-refractivity contribution in [2.24, 2.45) is 5.73 Å². The third-order valence-corrected chi connectivity index (χ3v) is 0.742. The zero-order valence-electron chi connectivity index (χ0n) is 5.76. The van der Waals surface area contributed by atoms with E-state index in [0.29, 0.717) is 0 Å². The highest BCUT2D eigenvalue weighted by atomic mass is 16.6. The summed E-state index contributed by atoms with van der Waals surface area (Å²) in [4.78, 5) is 15.1. The van der Waals surface area contributed by atoms with Crippen LogP contribution < -0.4 is 11.2 Å². The van der Waals surface area contributed by atoms with Gasteiger partial charge in [0.25, 0.3) is 5.91 Å². The zero-order chi connectivity index (χ0) is 7.98. The summed E-state index contributed by atoms with van der Waals surface area (Å²) in [6.07, 6.45) is 4.83. The van der Waals surface area contributed by atoms with Gasteiger partial charge >= 0.3 is 0 Å². The second-order valence-electron chi connectivity index (χ2n) is 1.75. The van der Waals surface area contributed by atoms with Crippen molar-refractivity contribution in [2.45, 2.75) is 13.0 Å². The number of terminal acetylenes is 1. The number of hydrogen-bond acceptors (Lipinski definition) is 3. The Hall–Kier alpha value is -1.05. The zero-order valence-corrected chi connectivity index (χ0v) is 5.76. The molecule has 0 spiro atoms. The minimum atomic E-state index is -0.572. The smallest absolute Gasteiger partial charge is 0.260 e. The molecule has 0 radical (unpaired) electrons. The van der Waals surface area contributed by atoms with E-state index in [9.17, 15) is 4.79 Å². The molecule has 0 rings (SSSR count). The molecule has 0 aliphatic carbocycles. The fourth-order valence-electron chi connectivity index (χ4n) is 0.242. The third-order valence-electron chi connectivity index (χ3n) is 0.742. The molecule has 56 valence electrons. The molecular formula is C6H10N2O2. The number of rotatable bonds is 3. The van der Waals surface area contributed by atoms with E-state index in [4.69, 9.17) is 12.2 Å². The summed E-state index contributed by atoms with van der Waals surface area (Å²) in [5.74, 6) is 1.80. The van der Waals surface area contributed by atoms with Crippen molar-refractivity contribution in [3.05, 3.63) is 0 Å². The molecule has 0 aromatic heterocycles. The summed E-state index contributed by atoms with van der Waals surface area (Å²) in [5.41, 5.74) is 7.25. The van der Waals surface area contributed by atoms with Crippen molar-refractivity contribution in [3.8, 4) is 12.3 Å². The molecule has 0 aliphatic rings. The van der Waals surface area contributed by atoms with Crippen molar-refractivity contribution in [2.75, 3.05) is 6.61 Å². The molecule has 0 heterocycles. The van der Waals surface area contributed by atoms with Crippen LogP contribution in [0.25, 0.3) is 0 Å². The fourth-order valence-corrected chi connectivity index (χ4v) is 0.242. The van der Waals surface area contributed by atoms with Gasteiger partial charge < -0.3 is 5.73 Å². The van der Waals surface area contributed by atoms with Gasteiger partial charge in [-0.05, 0) is 6.92 Å². The Balaban J connectivity index is 3.33. The van der Waals surface area contributed by atoms with E-state index in [1.54, 1.807) is 6.92 Å². The molecule has 0 aromatic rings. The van der Waals surface area contributed by atoms with E-state index >= 15 is 0 Å². The molecule has 0 saturated heterocycles. The molecule has 10 heavy (non-hydrogen) atoms. The number of nitrogens with two attached hydrogens (primary N) is 1. The van der Waals surface area contributed by atoms with Gasteiger partial charge in [-0.25, -0.2) is 5.48 Å². The normalized spacial score (nSPS) is 11.7. The predicted octanol–water partition coefficient (Wildman–Crippen LogP) is -0.985. The molecule has 1 unspecified atom stereocenters. The maximum absolute atomic E-state index is 10.6. The van der Waals surface area contributed by atoms with E-state index in [1.165, 1.54) is 0 Å². The first-order valence-electron chi connectivity index (χ1n) is 2.79. The Kier molecular flexibility index (Phi) is 4.29. The number of hydroxylamine groups is 1. The van der Waals surface area contributed by atoms with Crippen LogP contribution in [0.15, 0.2) is 0 Å². The second-order valence-corrected chi connectivity index (χ2v) is 1.75. The number of carbonyl (C=O) groups excluding carboxylic acids is 1. The van der Waals surface area contributed by atoms with Crippen LogP contribution in [-0.4, -0.2) is 18.6 Å². The summed E-state index contributed by atoms with van der Waals surface area (Å²) in [6.45, 7) is 1.60. The number of carbonyl (C=O) groups is 1. The predicted molar refractivity (Wildman–Crippen MR) is 36.6 cm³/mol. The largest absolute Gasteiger partial charge is 0.320 e. The van der Waals surface area contributed by atoms with Gasteiger partial charge in [0.1, 0.15) is 6.61 Å². The van der Waals surface area contributed by atoms with Crippen molar-refractivity contribution in [1.82, 2.24) is 5.48 Å². The standard InChI is InChI=1S/C6H10N2O2/c1-3-4-10-8-6(9)5(2)7/h1,5H,4,7H2,2H3,(H,8,9). The maximum Gasteiger partial charge on any atom is 0.260 e. The average Bonchev–Trinajstić information content (AvgIpc) is 1.88. The first-order chi connectivity index (χ1) is 4.68.